The quantitative estimate of drug-likeness (QED) is 0.213. The number of carbonyl (C=O) groups is 1. The van der Waals surface area contributed by atoms with Crippen LogP contribution in [-0.2, 0) is 5.75 Å². The number of amides is 1. The van der Waals surface area contributed by atoms with Gasteiger partial charge in [0, 0.05) is 24.5 Å². The predicted octanol–water partition coefficient (Wildman–Crippen LogP) is 5.41. The van der Waals surface area contributed by atoms with E-state index in [4.69, 9.17) is 4.42 Å². The van der Waals surface area contributed by atoms with Crippen LogP contribution in [0, 0.1) is 5.82 Å². The Balaban J connectivity index is 1.19. The van der Waals surface area contributed by atoms with E-state index in [0.717, 1.165) is 30.2 Å². The summed E-state index contributed by atoms with van der Waals surface area (Å²) in [5.74, 6) is 1.14. The zero-order valence-corrected chi connectivity index (χ0v) is 22.2. The zero-order chi connectivity index (χ0) is 25.6. The fourth-order valence-corrected chi connectivity index (χ4v) is 6.17. The van der Waals surface area contributed by atoms with Crippen molar-refractivity contribution in [2.24, 2.45) is 0 Å². The van der Waals surface area contributed by atoms with Crippen molar-refractivity contribution in [1.82, 2.24) is 30.0 Å². The molecular formula is C26H29FN6O2S2. The summed E-state index contributed by atoms with van der Waals surface area (Å²) in [7, 11) is 0. The second-order valence-electron chi connectivity index (χ2n) is 9.00. The van der Waals surface area contributed by atoms with Crippen molar-refractivity contribution >= 4 is 29.0 Å². The van der Waals surface area contributed by atoms with Gasteiger partial charge in [-0.15, -0.1) is 21.5 Å². The number of nitrogens with one attached hydrogen (secondary N) is 1. The van der Waals surface area contributed by atoms with Gasteiger partial charge in [0.05, 0.1) is 17.7 Å². The summed E-state index contributed by atoms with van der Waals surface area (Å²) in [5, 5.41) is 14.9. The molecule has 0 aliphatic carbocycles. The van der Waals surface area contributed by atoms with E-state index in [1.807, 2.05) is 4.57 Å². The minimum atomic E-state index is -0.319. The van der Waals surface area contributed by atoms with Crippen LogP contribution >= 0.6 is 23.1 Å². The van der Waals surface area contributed by atoms with Crippen LogP contribution in [0.25, 0.3) is 17.3 Å². The maximum Gasteiger partial charge on any atom is 0.270 e. The first-order valence-electron chi connectivity index (χ1n) is 12.4. The lowest BCUT2D eigenvalue weighted by Crippen LogP contribution is -2.39. The Labute approximate surface area is 223 Å². The molecule has 0 saturated carbocycles. The van der Waals surface area contributed by atoms with Gasteiger partial charge in [-0.2, -0.15) is 0 Å². The smallest absolute Gasteiger partial charge is 0.270 e. The molecule has 1 saturated heterocycles. The van der Waals surface area contributed by atoms with E-state index >= 15 is 0 Å². The van der Waals surface area contributed by atoms with Crippen molar-refractivity contribution in [3.63, 3.8) is 0 Å². The lowest BCUT2D eigenvalue weighted by molar-refractivity contribution is 0.0944. The average molecular weight is 541 g/mol. The van der Waals surface area contributed by atoms with Gasteiger partial charge in [0.2, 0.25) is 5.82 Å². The van der Waals surface area contributed by atoms with Crippen LogP contribution in [0.2, 0.25) is 0 Å². The molecule has 1 atom stereocenters. The van der Waals surface area contributed by atoms with Crippen molar-refractivity contribution in [3.8, 4) is 17.3 Å². The zero-order valence-electron chi connectivity index (χ0n) is 20.6. The molecule has 1 amide bonds. The van der Waals surface area contributed by atoms with E-state index in [1.54, 1.807) is 35.9 Å². The molecule has 1 fully saturated rings. The SMILES string of the molecule is CC1CCCCN1CCCNC(=O)c1csc(CSc2nnc(-c3ccco3)n2-c2ccc(F)cc2)n1. The number of hydrogen-bond donors (Lipinski definition) is 1. The number of hydrogen-bond acceptors (Lipinski definition) is 8. The minimum Gasteiger partial charge on any atom is -0.461 e. The average Bonchev–Trinajstić information content (AvgIpc) is 3.68. The number of rotatable bonds is 10. The van der Waals surface area contributed by atoms with Crippen LogP contribution in [0.1, 0.15) is 48.1 Å². The molecule has 0 spiro atoms. The summed E-state index contributed by atoms with van der Waals surface area (Å²) in [4.78, 5) is 19.6. The highest BCUT2D eigenvalue weighted by Gasteiger charge is 2.20. The van der Waals surface area contributed by atoms with Crippen LogP contribution in [0.4, 0.5) is 4.39 Å². The Hall–Kier alpha value is -3.02. The van der Waals surface area contributed by atoms with E-state index in [1.165, 1.54) is 54.5 Å². The van der Waals surface area contributed by atoms with Gasteiger partial charge in [-0.25, -0.2) is 9.37 Å². The van der Waals surface area contributed by atoms with Crippen LogP contribution in [0.3, 0.4) is 0 Å². The first kappa shape index (κ1) is 25.6. The number of thioether (sulfide) groups is 1. The third-order valence-corrected chi connectivity index (χ3v) is 8.39. The fraction of sp³-hybridized carbons (Fsp3) is 0.385. The van der Waals surface area contributed by atoms with Gasteiger partial charge >= 0.3 is 0 Å². The second kappa shape index (κ2) is 12.0. The third kappa shape index (κ3) is 6.28. The number of carbonyl (C=O) groups excluding carboxylic acids is 1. The lowest BCUT2D eigenvalue weighted by atomic mass is 10.0. The summed E-state index contributed by atoms with van der Waals surface area (Å²) < 4.78 is 20.9. The van der Waals surface area contributed by atoms with Gasteiger partial charge in [0.25, 0.3) is 5.91 Å². The summed E-state index contributed by atoms with van der Waals surface area (Å²) in [5.41, 5.74) is 1.15. The summed E-state index contributed by atoms with van der Waals surface area (Å²) in [6, 6.07) is 10.4. The van der Waals surface area contributed by atoms with Crippen molar-refractivity contribution in [3.05, 3.63) is 64.6 Å². The van der Waals surface area contributed by atoms with E-state index < -0.39 is 0 Å². The van der Waals surface area contributed by atoms with Gasteiger partial charge < -0.3 is 14.6 Å². The monoisotopic (exact) mass is 540 g/mol. The van der Waals surface area contributed by atoms with Crippen molar-refractivity contribution in [1.29, 1.82) is 0 Å². The van der Waals surface area contributed by atoms with Crippen LogP contribution in [-0.4, -0.2) is 56.2 Å². The molecule has 1 aliphatic heterocycles. The van der Waals surface area contributed by atoms with Crippen LogP contribution in [0.15, 0.2) is 57.6 Å². The normalized spacial score (nSPS) is 16.2. The highest BCUT2D eigenvalue weighted by molar-refractivity contribution is 7.98. The molecule has 3 aromatic heterocycles. The Morgan fingerprint density at radius 3 is 2.89 bits per heavy atom. The molecule has 1 unspecified atom stereocenters. The molecule has 37 heavy (non-hydrogen) atoms. The van der Waals surface area contributed by atoms with Gasteiger partial charge in [-0.1, -0.05) is 18.2 Å². The van der Waals surface area contributed by atoms with E-state index in [-0.39, 0.29) is 11.7 Å². The number of piperidine rings is 1. The minimum absolute atomic E-state index is 0.145. The summed E-state index contributed by atoms with van der Waals surface area (Å²) in [6.45, 7) is 5.09. The number of likely N-dealkylation sites (tertiary alicyclic amines) is 1. The van der Waals surface area contributed by atoms with Gasteiger partial charge in [0.1, 0.15) is 16.5 Å². The topological polar surface area (TPSA) is 89.1 Å². The van der Waals surface area contributed by atoms with E-state index in [9.17, 15) is 9.18 Å². The van der Waals surface area contributed by atoms with Crippen molar-refractivity contribution in [2.75, 3.05) is 19.6 Å². The molecule has 1 aliphatic rings. The maximum atomic E-state index is 13.5. The molecular weight excluding hydrogens is 511 g/mol. The molecule has 5 rings (SSSR count). The number of benzene rings is 1. The molecule has 4 heterocycles. The third-order valence-electron chi connectivity index (χ3n) is 6.42. The van der Waals surface area contributed by atoms with Gasteiger partial charge in [0.15, 0.2) is 10.9 Å². The van der Waals surface area contributed by atoms with Crippen molar-refractivity contribution < 1.29 is 13.6 Å². The largest absolute Gasteiger partial charge is 0.461 e. The summed E-state index contributed by atoms with van der Waals surface area (Å²) in [6.07, 6.45) is 6.34. The Bertz CT molecular complexity index is 1310. The van der Waals surface area contributed by atoms with Crippen molar-refractivity contribution in [2.45, 2.75) is 49.6 Å². The Kier molecular flexibility index (Phi) is 8.32. The van der Waals surface area contributed by atoms with E-state index in [0.29, 0.717) is 40.8 Å². The number of nitrogens with zero attached hydrogens (tertiary/aromatic N) is 5. The summed E-state index contributed by atoms with van der Waals surface area (Å²) >= 11 is 2.89. The first-order chi connectivity index (χ1) is 18.1. The molecule has 0 bridgehead atoms. The maximum absolute atomic E-state index is 13.5. The first-order valence-corrected chi connectivity index (χ1v) is 14.3. The molecule has 8 nitrogen and oxygen atoms in total. The van der Waals surface area contributed by atoms with E-state index in [2.05, 4.69) is 32.3 Å². The molecule has 11 heteroatoms. The second-order valence-corrected chi connectivity index (χ2v) is 10.9. The molecule has 1 aromatic carbocycles. The fourth-order valence-electron chi connectivity index (χ4n) is 4.42. The molecule has 4 aromatic rings. The van der Waals surface area contributed by atoms with Crippen LogP contribution < -0.4 is 5.32 Å². The van der Waals surface area contributed by atoms with Crippen LogP contribution in [0.5, 0.6) is 0 Å². The molecule has 0 radical (unpaired) electrons. The van der Waals surface area contributed by atoms with Gasteiger partial charge in [-0.3, -0.25) is 9.36 Å². The highest BCUT2D eigenvalue weighted by atomic mass is 32.2. The number of thiazole rings is 1. The number of aromatic nitrogens is 4. The molecule has 1 N–H and O–H groups in total. The van der Waals surface area contributed by atoms with Gasteiger partial charge in [-0.05, 0) is 69.1 Å². The lowest BCUT2D eigenvalue weighted by Gasteiger charge is -2.33. The Morgan fingerprint density at radius 1 is 1.24 bits per heavy atom. The Morgan fingerprint density at radius 2 is 2.11 bits per heavy atom. The number of halogens is 1. The predicted molar refractivity (Wildman–Crippen MR) is 143 cm³/mol. The number of furan rings is 1. The highest BCUT2D eigenvalue weighted by Crippen LogP contribution is 2.30. The molecule has 194 valence electrons. The standard InChI is InChI=1S/C26H29FN6O2S2/c1-18-6-2-3-13-32(18)14-5-12-28-25(34)21-16-36-23(29-21)17-37-26-31-30-24(22-7-4-15-35-22)33(26)20-10-8-19(27)9-11-20/h4,7-11,15-16,18H,2-3,5-6,12-14,17H2,1H3,(H,28,34).